The van der Waals surface area contributed by atoms with Gasteiger partial charge in [0.1, 0.15) is 6.33 Å². The third-order valence-corrected chi connectivity index (χ3v) is 7.34. The summed E-state index contributed by atoms with van der Waals surface area (Å²) in [5.41, 5.74) is 6.30. The molecule has 0 saturated carbocycles. The molecule has 34 heavy (non-hydrogen) atoms. The largest absolute Gasteiger partial charge is 0.436 e. The number of thiophene rings is 1. The number of aromatic nitrogens is 2. The van der Waals surface area contributed by atoms with Crippen molar-refractivity contribution in [2.45, 2.75) is 37.9 Å². The van der Waals surface area contributed by atoms with E-state index in [0.29, 0.717) is 12.3 Å². The van der Waals surface area contributed by atoms with E-state index in [1.54, 1.807) is 17.7 Å². The average Bonchev–Trinajstić information content (AvgIpc) is 3.69. The lowest BCUT2D eigenvalue weighted by Gasteiger charge is -2.28. The molecule has 2 unspecified atom stereocenters. The number of nitrogens with one attached hydrogen (secondary N) is 1. The average molecular weight is 477 g/mol. The van der Waals surface area contributed by atoms with Gasteiger partial charge in [0.05, 0.1) is 29.0 Å². The Balaban J connectivity index is 1.47. The van der Waals surface area contributed by atoms with Crippen molar-refractivity contribution < 1.29 is 13.9 Å². The summed E-state index contributed by atoms with van der Waals surface area (Å²) >= 11 is 1.66. The molecule has 0 aliphatic carbocycles. The van der Waals surface area contributed by atoms with Crippen LogP contribution in [-0.2, 0) is 9.47 Å². The van der Waals surface area contributed by atoms with E-state index >= 15 is 0 Å². The van der Waals surface area contributed by atoms with Crippen LogP contribution < -0.4 is 10.4 Å². The number of anilines is 1. The molecule has 4 aromatic rings. The summed E-state index contributed by atoms with van der Waals surface area (Å²) in [4.78, 5) is 10.4. The van der Waals surface area contributed by atoms with Gasteiger partial charge < -0.3 is 13.9 Å². The number of hydrogen-bond donors (Lipinski definition) is 1. The Morgan fingerprint density at radius 2 is 1.79 bits per heavy atom. The smallest absolute Gasteiger partial charge is 0.232 e. The van der Waals surface area contributed by atoms with Crippen molar-refractivity contribution in [1.29, 1.82) is 0 Å². The van der Waals surface area contributed by atoms with Crippen LogP contribution in [0.4, 0.5) is 5.82 Å². The Morgan fingerprint density at radius 1 is 0.971 bits per heavy atom. The summed E-state index contributed by atoms with van der Waals surface area (Å²) in [6.45, 7) is 3.08. The third kappa shape index (κ3) is 4.34. The van der Waals surface area contributed by atoms with Crippen LogP contribution in [0.2, 0.25) is 0 Å². The van der Waals surface area contributed by atoms with Crippen LogP contribution in [0.25, 0.3) is 32.9 Å². The molecule has 176 valence electrons. The molecule has 5 heterocycles. The summed E-state index contributed by atoms with van der Waals surface area (Å²) < 4.78 is 18.2. The zero-order valence-electron chi connectivity index (χ0n) is 19.0. The third-order valence-electron chi connectivity index (χ3n) is 6.48. The second-order valence-corrected chi connectivity index (χ2v) is 9.72. The quantitative estimate of drug-likeness (QED) is 0.347. The van der Waals surface area contributed by atoms with Crippen molar-refractivity contribution in [2.24, 2.45) is 0 Å². The zero-order valence-corrected chi connectivity index (χ0v) is 19.8. The fourth-order valence-electron chi connectivity index (χ4n) is 4.82. The van der Waals surface area contributed by atoms with Gasteiger partial charge in [-0.25, -0.2) is 15.4 Å². The SMILES string of the molecule is c1ccc(-c2c(-c3cccs3)oc3ncnc(N(CC4CCCO4)NCC4CCCO4)c23)cc1. The van der Waals surface area contributed by atoms with E-state index in [1.165, 1.54) is 0 Å². The maximum Gasteiger partial charge on any atom is 0.232 e. The first-order valence-corrected chi connectivity index (χ1v) is 12.9. The molecule has 2 fully saturated rings. The van der Waals surface area contributed by atoms with Crippen molar-refractivity contribution in [3.8, 4) is 21.8 Å². The molecule has 7 nitrogen and oxygen atoms in total. The first-order valence-electron chi connectivity index (χ1n) is 12.0. The molecule has 8 heteroatoms. The van der Waals surface area contributed by atoms with E-state index in [1.807, 2.05) is 12.1 Å². The van der Waals surface area contributed by atoms with Gasteiger partial charge in [-0.3, -0.25) is 5.01 Å². The zero-order chi connectivity index (χ0) is 22.7. The van der Waals surface area contributed by atoms with Crippen molar-refractivity contribution in [3.05, 3.63) is 54.2 Å². The summed E-state index contributed by atoms with van der Waals surface area (Å²) in [6, 6.07) is 14.5. The first-order chi connectivity index (χ1) is 16.9. The summed E-state index contributed by atoms with van der Waals surface area (Å²) in [5.74, 6) is 1.64. The molecule has 0 radical (unpaired) electrons. The molecule has 2 atom stereocenters. The van der Waals surface area contributed by atoms with Gasteiger partial charge in [0, 0.05) is 25.3 Å². The first kappa shape index (κ1) is 21.7. The summed E-state index contributed by atoms with van der Waals surface area (Å²) in [7, 11) is 0. The fraction of sp³-hybridized carbons (Fsp3) is 0.385. The predicted molar refractivity (Wildman–Crippen MR) is 134 cm³/mol. The van der Waals surface area contributed by atoms with Crippen LogP contribution >= 0.6 is 11.3 Å². The molecule has 0 amide bonds. The van der Waals surface area contributed by atoms with Gasteiger partial charge in [0.25, 0.3) is 0 Å². The van der Waals surface area contributed by atoms with E-state index in [9.17, 15) is 0 Å². The van der Waals surface area contributed by atoms with Gasteiger partial charge in [0.15, 0.2) is 11.6 Å². The highest BCUT2D eigenvalue weighted by molar-refractivity contribution is 7.13. The Bertz CT molecular complexity index is 1220. The van der Waals surface area contributed by atoms with Gasteiger partial charge in [0.2, 0.25) is 5.71 Å². The van der Waals surface area contributed by atoms with E-state index in [2.05, 4.69) is 51.1 Å². The molecule has 2 saturated heterocycles. The van der Waals surface area contributed by atoms with Crippen molar-refractivity contribution in [2.75, 3.05) is 31.3 Å². The van der Waals surface area contributed by atoms with Crippen LogP contribution in [0, 0.1) is 0 Å². The van der Waals surface area contributed by atoms with E-state index in [0.717, 1.165) is 78.4 Å². The Labute approximate surface area is 202 Å². The number of benzene rings is 1. The minimum absolute atomic E-state index is 0.158. The molecular weight excluding hydrogens is 448 g/mol. The van der Waals surface area contributed by atoms with Crippen molar-refractivity contribution >= 4 is 28.3 Å². The van der Waals surface area contributed by atoms with Gasteiger partial charge >= 0.3 is 0 Å². The van der Waals surface area contributed by atoms with Gasteiger partial charge in [-0.2, -0.15) is 0 Å². The highest BCUT2D eigenvalue weighted by Gasteiger charge is 2.28. The normalized spacial score (nSPS) is 20.4. The Morgan fingerprint density at radius 3 is 2.53 bits per heavy atom. The fourth-order valence-corrected chi connectivity index (χ4v) is 5.53. The summed E-state index contributed by atoms with van der Waals surface area (Å²) in [6.07, 6.45) is 6.28. The van der Waals surface area contributed by atoms with Crippen LogP contribution in [0.5, 0.6) is 0 Å². The molecule has 6 rings (SSSR count). The van der Waals surface area contributed by atoms with Crippen molar-refractivity contribution in [1.82, 2.24) is 15.4 Å². The number of fused-ring (bicyclic) bond motifs is 1. The van der Waals surface area contributed by atoms with Crippen LogP contribution in [0.1, 0.15) is 25.7 Å². The second kappa shape index (κ2) is 9.84. The summed E-state index contributed by atoms with van der Waals surface area (Å²) in [5, 5.41) is 5.11. The maximum atomic E-state index is 6.39. The standard InChI is InChI=1S/C26H28N4O3S/c1-2-7-18(8-3-1)22-23-25(27-17-28-26(23)33-24(22)21-11-6-14-34-21)30(16-20-10-5-13-32-20)29-15-19-9-4-12-31-19/h1-3,6-8,11,14,17,19-20,29H,4-5,9-10,12-13,15-16H2. The number of nitrogens with zero attached hydrogens (tertiary/aromatic N) is 3. The molecule has 0 bridgehead atoms. The molecule has 1 aromatic carbocycles. The lowest BCUT2D eigenvalue weighted by Crippen LogP contribution is -2.46. The van der Waals surface area contributed by atoms with E-state index < -0.39 is 0 Å². The number of hydrogen-bond acceptors (Lipinski definition) is 8. The topological polar surface area (TPSA) is 72.7 Å². The van der Waals surface area contributed by atoms with Crippen LogP contribution in [-0.4, -0.2) is 48.5 Å². The lowest BCUT2D eigenvalue weighted by atomic mass is 10.0. The van der Waals surface area contributed by atoms with Crippen LogP contribution in [0.15, 0.2) is 58.6 Å². The van der Waals surface area contributed by atoms with Gasteiger partial charge in [-0.15, -0.1) is 11.3 Å². The maximum absolute atomic E-state index is 6.39. The number of ether oxygens (including phenoxy) is 2. The minimum Gasteiger partial charge on any atom is -0.436 e. The molecule has 2 aliphatic heterocycles. The molecule has 2 aliphatic rings. The van der Waals surface area contributed by atoms with Crippen molar-refractivity contribution in [3.63, 3.8) is 0 Å². The minimum atomic E-state index is 0.158. The van der Waals surface area contributed by atoms with Gasteiger partial charge in [-0.05, 0) is 42.7 Å². The van der Waals surface area contributed by atoms with E-state index in [-0.39, 0.29) is 12.2 Å². The number of furan rings is 1. The van der Waals surface area contributed by atoms with Crippen LogP contribution in [0.3, 0.4) is 0 Å². The lowest BCUT2D eigenvalue weighted by molar-refractivity contribution is 0.100. The Kier molecular flexibility index (Phi) is 6.29. The predicted octanol–water partition coefficient (Wildman–Crippen LogP) is 5.29. The molecule has 1 N–H and O–H groups in total. The molecular formula is C26H28N4O3S. The molecule has 3 aromatic heterocycles. The number of hydrazine groups is 1. The van der Waals surface area contributed by atoms with E-state index in [4.69, 9.17) is 18.9 Å². The molecule has 0 spiro atoms. The van der Waals surface area contributed by atoms with Gasteiger partial charge in [-0.1, -0.05) is 36.4 Å². The second-order valence-electron chi connectivity index (χ2n) is 8.77. The highest BCUT2D eigenvalue weighted by Crippen LogP contribution is 2.44. The Hall–Kier alpha value is -2.78. The monoisotopic (exact) mass is 476 g/mol. The number of rotatable bonds is 8. The highest BCUT2D eigenvalue weighted by atomic mass is 32.1.